The van der Waals surface area contributed by atoms with E-state index in [2.05, 4.69) is 25.7 Å². The second kappa shape index (κ2) is 5.38. The molecular formula is C8H4BrF3INO3. The number of nitrogens with zero attached hydrogens (tertiary/aromatic N) is 1. The molecule has 1 heterocycles. The van der Waals surface area contributed by atoms with Crippen LogP contribution in [0.3, 0.4) is 0 Å². The molecule has 0 amide bonds. The highest BCUT2D eigenvalue weighted by atomic mass is 127. The number of ether oxygens (including phenoxy) is 1. The molecule has 1 N–H and O–H groups in total. The quantitative estimate of drug-likeness (QED) is 0.597. The minimum atomic E-state index is -4.95. The Balaban J connectivity index is 3.28. The maximum Gasteiger partial charge on any atom is 0.573 e. The number of carboxylic acids is 1. The van der Waals surface area contributed by atoms with Crippen LogP contribution in [-0.2, 0) is 5.33 Å². The zero-order valence-electron chi connectivity index (χ0n) is 7.89. The molecule has 0 aliphatic carbocycles. The van der Waals surface area contributed by atoms with E-state index in [9.17, 15) is 18.0 Å². The molecule has 0 aliphatic rings. The minimum Gasteiger partial charge on any atom is -0.476 e. The molecule has 0 fully saturated rings. The second-order valence-corrected chi connectivity index (χ2v) is 4.47. The summed E-state index contributed by atoms with van der Waals surface area (Å²) in [6, 6.07) is 0.987. The summed E-state index contributed by atoms with van der Waals surface area (Å²) in [4.78, 5) is 14.4. The summed E-state index contributed by atoms with van der Waals surface area (Å²) >= 11 is 4.80. The zero-order chi connectivity index (χ0) is 13.2. The van der Waals surface area contributed by atoms with Crippen LogP contribution in [0.15, 0.2) is 6.07 Å². The Kier molecular flexibility index (Phi) is 4.58. The maximum atomic E-state index is 12.0. The van der Waals surface area contributed by atoms with Crippen molar-refractivity contribution in [1.29, 1.82) is 0 Å². The number of pyridine rings is 1. The van der Waals surface area contributed by atoms with Gasteiger partial charge in [0, 0.05) is 8.90 Å². The van der Waals surface area contributed by atoms with Gasteiger partial charge in [0.05, 0.1) is 5.69 Å². The van der Waals surface area contributed by atoms with E-state index in [0.717, 1.165) is 6.07 Å². The molecule has 9 heteroatoms. The van der Waals surface area contributed by atoms with Crippen LogP contribution in [0.5, 0.6) is 5.75 Å². The largest absolute Gasteiger partial charge is 0.573 e. The molecule has 4 nitrogen and oxygen atoms in total. The first-order chi connectivity index (χ1) is 7.74. The van der Waals surface area contributed by atoms with Gasteiger partial charge in [0.2, 0.25) is 0 Å². The highest BCUT2D eigenvalue weighted by molar-refractivity contribution is 14.1. The Bertz CT molecular complexity index is 452. The van der Waals surface area contributed by atoms with E-state index < -0.39 is 23.8 Å². The summed E-state index contributed by atoms with van der Waals surface area (Å²) in [7, 11) is 0. The highest BCUT2D eigenvalue weighted by Gasteiger charge is 2.34. The monoisotopic (exact) mass is 425 g/mol. The lowest BCUT2D eigenvalue weighted by molar-refractivity contribution is -0.274. The van der Waals surface area contributed by atoms with Crippen molar-refractivity contribution in [3.8, 4) is 5.75 Å². The van der Waals surface area contributed by atoms with Crippen molar-refractivity contribution in [3.63, 3.8) is 0 Å². The molecule has 1 aromatic rings. The van der Waals surface area contributed by atoms with Gasteiger partial charge in [-0.25, -0.2) is 9.78 Å². The number of rotatable bonds is 3. The molecule has 0 radical (unpaired) electrons. The number of aromatic carboxylic acids is 1. The first-order valence-electron chi connectivity index (χ1n) is 3.99. The smallest absolute Gasteiger partial charge is 0.476 e. The normalized spacial score (nSPS) is 11.4. The molecule has 0 aliphatic heterocycles. The molecule has 0 saturated carbocycles. The Morgan fingerprint density at radius 2 is 2.18 bits per heavy atom. The van der Waals surface area contributed by atoms with Gasteiger partial charge in [-0.05, 0) is 28.7 Å². The molecule has 0 spiro atoms. The van der Waals surface area contributed by atoms with E-state index in [1.54, 1.807) is 22.6 Å². The Morgan fingerprint density at radius 3 is 2.59 bits per heavy atom. The van der Waals surface area contributed by atoms with Gasteiger partial charge in [-0.15, -0.1) is 13.2 Å². The first kappa shape index (κ1) is 14.5. The Morgan fingerprint density at radius 1 is 1.59 bits per heavy atom. The number of hydrogen-bond donors (Lipinski definition) is 1. The van der Waals surface area contributed by atoms with Crippen molar-refractivity contribution in [2.45, 2.75) is 11.7 Å². The van der Waals surface area contributed by atoms with Gasteiger partial charge in [0.1, 0.15) is 0 Å². The van der Waals surface area contributed by atoms with Crippen molar-refractivity contribution in [2.24, 2.45) is 0 Å². The average Bonchev–Trinajstić information content (AvgIpc) is 2.14. The van der Waals surface area contributed by atoms with Gasteiger partial charge in [0.25, 0.3) is 0 Å². The maximum absolute atomic E-state index is 12.0. The van der Waals surface area contributed by atoms with Gasteiger partial charge < -0.3 is 9.84 Å². The van der Waals surface area contributed by atoms with Crippen LogP contribution in [0, 0.1) is 3.57 Å². The van der Waals surface area contributed by atoms with Gasteiger partial charge in [-0.3, -0.25) is 0 Å². The minimum absolute atomic E-state index is 0.234. The van der Waals surface area contributed by atoms with Crippen LogP contribution in [0.25, 0.3) is 0 Å². The van der Waals surface area contributed by atoms with E-state index in [1.165, 1.54) is 0 Å². The molecule has 0 saturated heterocycles. The van der Waals surface area contributed by atoms with Gasteiger partial charge >= 0.3 is 12.3 Å². The number of halogens is 5. The van der Waals surface area contributed by atoms with Crippen LogP contribution in [0.4, 0.5) is 13.2 Å². The predicted molar refractivity (Wildman–Crippen MR) is 63.2 cm³/mol. The topological polar surface area (TPSA) is 59.4 Å². The molecule has 1 aromatic heterocycles. The SMILES string of the molecule is O=C(O)c1nc(CBr)c(I)cc1OC(F)(F)F. The van der Waals surface area contributed by atoms with Gasteiger partial charge in [-0.2, -0.15) is 0 Å². The second-order valence-electron chi connectivity index (χ2n) is 2.75. The van der Waals surface area contributed by atoms with E-state index in [4.69, 9.17) is 5.11 Å². The molecule has 0 bridgehead atoms. The molecular weight excluding hydrogens is 422 g/mol. The molecule has 1 rings (SSSR count). The summed E-state index contributed by atoms with van der Waals surface area (Å²) in [6.07, 6.45) is -4.95. The lowest BCUT2D eigenvalue weighted by atomic mass is 10.3. The van der Waals surface area contributed by atoms with E-state index in [-0.39, 0.29) is 5.33 Å². The van der Waals surface area contributed by atoms with Crippen molar-refractivity contribution < 1.29 is 27.8 Å². The summed E-state index contributed by atoms with van der Waals surface area (Å²) in [6.45, 7) is 0. The van der Waals surface area contributed by atoms with E-state index in [1.807, 2.05) is 0 Å². The number of hydrogen-bond acceptors (Lipinski definition) is 3. The van der Waals surface area contributed by atoms with Crippen LogP contribution < -0.4 is 4.74 Å². The summed E-state index contributed by atoms with van der Waals surface area (Å²) in [5, 5.41) is 8.98. The van der Waals surface area contributed by atoms with Crippen molar-refractivity contribution in [1.82, 2.24) is 4.98 Å². The zero-order valence-corrected chi connectivity index (χ0v) is 11.6. The summed E-state index contributed by atoms with van der Waals surface area (Å²) in [5.41, 5.74) is -0.435. The first-order valence-corrected chi connectivity index (χ1v) is 6.19. The Hall–Kier alpha value is -0.580. The molecule has 94 valence electrons. The Labute approximate surface area is 115 Å². The van der Waals surface area contributed by atoms with E-state index >= 15 is 0 Å². The van der Waals surface area contributed by atoms with Gasteiger partial charge in [-0.1, -0.05) is 15.9 Å². The number of carbonyl (C=O) groups is 1. The van der Waals surface area contributed by atoms with Crippen LogP contribution in [0.2, 0.25) is 0 Å². The fourth-order valence-electron chi connectivity index (χ4n) is 0.960. The standard InChI is InChI=1S/C8H4BrF3INO3/c9-2-4-3(13)1-5(17-8(10,11)12)6(14-4)7(15)16/h1H,2H2,(H,15,16). The van der Waals surface area contributed by atoms with Crippen molar-refractivity contribution in [2.75, 3.05) is 0 Å². The summed E-state index contributed by atoms with van der Waals surface area (Å²) < 4.78 is 40.1. The number of aromatic nitrogens is 1. The lowest BCUT2D eigenvalue weighted by Crippen LogP contribution is -2.20. The fourth-order valence-corrected chi connectivity index (χ4v) is 2.51. The van der Waals surface area contributed by atoms with Crippen LogP contribution in [0.1, 0.15) is 16.2 Å². The average molecular weight is 426 g/mol. The molecule has 0 atom stereocenters. The van der Waals surface area contributed by atoms with Crippen LogP contribution >= 0.6 is 38.5 Å². The molecule has 17 heavy (non-hydrogen) atoms. The third kappa shape index (κ3) is 3.98. The van der Waals surface area contributed by atoms with E-state index in [0.29, 0.717) is 9.26 Å². The third-order valence-electron chi connectivity index (χ3n) is 1.57. The highest BCUT2D eigenvalue weighted by Crippen LogP contribution is 2.28. The van der Waals surface area contributed by atoms with Crippen molar-refractivity contribution in [3.05, 3.63) is 21.0 Å². The van der Waals surface area contributed by atoms with Crippen molar-refractivity contribution >= 4 is 44.5 Å². The van der Waals surface area contributed by atoms with Gasteiger partial charge in [0.15, 0.2) is 11.4 Å². The predicted octanol–water partition coefficient (Wildman–Crippen LogP) is 3.18. The fraction of sp³-hybridized carbons (Fsp3) is 0.250. The number of alkyl halides is 4. The number of carboxylic acid groups (broad SMARTS) is 1. The molecule has 0 aromatic carbocycles. The lowest BCUT2D eigenvalue weighted by Gasteiger charge is -2.12. The van der Waals surface area contributed by atoms with Crippen LogP contribution in [-0.4, -0.2) is 22.4 Å². The third-order valence-corrected chi connectivity index (χ3v) is 3.03. The summed E-state index contributed by atoms with van der Waals surface area (Å²) in [5.74, 6) is -2.40. The molecule has 0 unspecified atom stereocenters.